The molecule has 0 aromatic carbocycles. The Balaban J connectivity index is 1.80. The average Bonchev–Trinajstić information content (AvgIpc) is 3.16. The summed E-state index contributed by atoms with van der Waals surface area (Å²) in [6.07, 6.45) is 4.82. The Morgan fingerprint density at radius 2 is 2.14 bits per heavy atom. The summed E-state index contributed by atoms with van der Waals surface area (Å²) in [5, 5.41) is 7.36. The van der Waals surface area contributed by atoms with Crippen molar-refractivity contribution in [3.8, 4) is 0 Å². The Morgan fingerprint density at radius 1 is 1.33 bits per heavy atom. The lowest BCUT2D eigenvalue weighted by molar-refractivity contribution is 0.398. The molecule has 0 atom stereocenters. The van der Waals surface area contributed by atoms with Crippen molar-refractivity contribution in [1.29, 1.82) is 0 Å². The van der Waals surface area contributed by atoms with Gasteiger partial charge in [-0.3, -0.25) is 0 Å². The molecule has 1 heterocycles. The van der Waals surface area contributed by atoms with Crippen LogP contribution in [-0.2, 0) is 16.6 Å². The van der Waals surface area contributed by atoms with Crippen molar-refractivity contribution in [3.05, 3.63) is 22.4 Å². The summed E-state index contributed by atoms with van der Waals surface area (Å²) in [6, 6.07) is 2.26. The zero-order valence-electron chi connectivity index (χ0n) is 12.8. The number of sulfonamides is 1. The fourth-order valence-electron chi connectivity index (χ4n) is 2.33. The molecular formula is C15H26N2O2S2. The summed E-state index contributed by atoms with van der Waals surface area (Å²) in [6.45, 7) is 4.61. The Morgan fingerprint density at radius 3 is 2.76 bits per heavy atom. The molecule has 4 nitrogen and oxygen atoms in total. The van der Waals surface area contributed by atoms with Gasteiger partial charge in [0.05, 0.1) is 5.75 Å². The molecule has 0 unspecified atom stereocenters. The monoisotopic (exact) mass is 330 g/mol. The van der Waals surface area contributed by atoms with E-state index in [1.165, 1.54) is 0 Å². The molecule has 1 aliphatic rings. The molecule has 1 N–H and O–H groups in total. The summed E-state index contributed by atoms with van der Waals surface area (Å²) in [5.41, 5.74) is 1.11. The average molecular weight is 331 g/mol. The van der Waals surface area contributed by atoms with Gasteiger partial charge in [-0.25, -0.2) is 8.42 Å². The van der Waals surface area contributed by atoms with E-state index in [0.717, 1.165) is 50.8 Å². The quantitative estimate of drug-likeness (QED) is 0.635. The van der Waals surface area contributed by atoms with Crippen molar-refractivity contribution >= 4 is 21.4 Å². The SMILES string of the molecule is CCCNCCCCS(=O)(=O)N(Cc1ccsc1)C1CC1. The molecule has 0 amide bonds. The fourth-order valence-corrected chi connectivity index (χ4v) is 4.81. The van der Waals surface area contributed by atoms with Crippen LogP contribution in [0.2, 0.25) is 0 Å². The normalized spacial score (nSPS) is 15.7. The lowest BCUT2D eigenvalue weighted by Gasteiger charge is -2.21. The van der Waals surface area contributed by atoms with E-state index in [-0.39, 0.29) is 11.8 Å². The minimum absolute atomic E-state index is 0.244. The molecule has 0 radical (unpaired) electrons. The maximum Gasteiger partial charge on any atom is 0.214 e. The highest BCUT2D eigenvalue weighted by molar-refractivity contribution is 7.89. The first-order valence-electron chi connectivity index (χ1n) is 7.85. The molecule has 0 saturated heterocycles. The van der Waals surface area contributed by atoms with Crippen LogP contribution in [0, 0.1) is 0 Å². The molecule has 1 aliphatic carbocycles. The molecule has 1 aromatic rings. The second-order valence-corrected chi connectivity index (χ2v) is 8.50. The summed E-state index contributed by atoms with van der Waals surface area (Å²) < 4.78 is 26.8. The number of hydrogen-bond acceptors (Lipinski definition) is 4. The number of nitrogens with zero attached hydrogens (tertiary/aromatic N) is 1. The maximum atomic E-state index is 12.5. The number of rotatable bonds is 11. The van der Waals surface area contributed by atoms with Crippen LogP contribution in [0.15, 0.2) is 16.8 Å². The van der Waals surface area contributed by atoms with E-state index >= 15 is 0 Å². The van der Waals surface area contributed by atoms with Gasteiger partial charge < -0.3 is 5.32 Å². The molecule has 1 aromatic heterocycles. The second kappa shape index (κ2) is 8.27. The predicted octanol–water partition coefficient (Wildman–Crippen LogP) is 2.82. The van der Waals surface area contributed by atoms with E-state index < -0.39 is 10.0 Å². The van der Waals surface area contributed by atoms with E-state index in [0.29, 0.717) is 6.54 Å². The van der Waals surface area contributed by atoms with Gasteiger partial charge in [0.25, 0.3) is 0 Å². The Hall–Kier alpha value is -0.430. The third-order valence-corrected chi connectivity index (χ3v) is 6.34. The van der Waals surface area contributed by atoms with Crippen molar-refractivity contribution in [2.45, 2.75) is 51.6 Å². The van der Waals surface area contributed by atoms with Crippen LogP contribution in [0.3, 0.4) is 0 Å². The van der Waals surface area contributed by atoms with Crippen molar-refractivity contribution < 1.29 is 8.42 Å². The minimum Gasteiger partial charge on any atom is -0.317 e. The number of hydrogen-bond donors (Lipinski definition) is 1. The highest BCUT2D eigenvalue weighted by Gasteiger charge is 2.36. The highest BCUT2D eigenvalue weighted by atomic mass is 32.2. The third kappa shape index (κ3) is 5.70. The van der Waals surface area contributed by atoms with Gasteiger partial charge in [0.15, 0.2) is 0 Å². The molecule has 2 rings (SSSR count). The van der Waals surface area contributed by atoms with E-state index in [1.54, 1.807) is 15.6 Å². The van der Waals surface area contributed by atoms with Crippen LogP contribution in [0.25, 0.3) is 0 Å². The first-order chi connectivity index (χ1) is 10.1. The largest absolute Gasteiger partial charge is 0.317 e. The Kier molecular flexibility index (Phi) is 6.67. The molecule has 6 heteroatoms. The summed E-state index contributed by atoms with van der Waals surface area (Å²) in [4.78, 5) is 0. The van der Waals surface area contributed by atoms with Crippen molar-refractivity contribution in [2.24, 2.45) is 0 Å². The molecule has 1 fully saturated rings. The Bertz CT molecular complexity index is 496. The zero-order chi connectivity index (χ0) is 15.1. The van der Waals surface area contributed by atoms with E-state index in [9.17, 15) is 8.42 Å². The van der Waals surface area contributed by atoms with Crippen LogP contribution in [0.1, 0.15) is 44.6 Å². The summed E-state index contributed by atoms with van der Waals surface area (Å²) in [7, 11) is -3.12. The smallest absolute Gasteiger partial charge is 0.214 e. The van der Waals surface area contributed by atoms with Crippen LogP contribution < -0.4 is 5.32 Å². The maximum absolute atomic E-state index is 12.5. The minimum atomic E-state index is -3.12. The fraction of sp³-hybridized carbons (Fsp3) is 0.733. The standard InChI is InChI=1S/C15H26N2O2S2/c1-2-8-16-9-3-4-11-21(18,19)17(15-5-6-15)12-14-7-10-20-13-14/h7,10,13,15-16H,2-6,8-9,11-12H2,1H3. The first kappa shape index (κ1) is 16.9. The lowest BCUT2D eigenvalue weighted by Crippen LogP contribution is -2.34. The van der Waals surface area contributed by atoms with Gasteiger partial charge in [0.2, 0.25) is 10.0 Å². The van der Waals surface area contributed by atoms with Gasteiger partial charge in [-0.05, 0) is 67.6 Å². The first-order valence-corrected chi connectivity index (χ1v) is 10.4. The topological polar surface area (TPSA) is 49.4 Å². The molecule has 1 saturated carbocycles. The number of unbranched alkanes of at least 4 members (excludes halogenated alkanes) is 1. The predicted molar refractivity (Wildman–Crippen MR) is 89.1 cm³/mol. The van der Waals surface area contributed by atoms with Crippen LogP contribution in [-0.4, -0.2) is 37.6 Å². The summed E-state index contributed by atoms with van der Waals surface area (Å²) in [5.74, 6) is 0.279. The van der Waals surface area contributed by atoms with E-state index in [1.807, 2.05) is 16.8 Å². The zero-order valence-corrected chi connectivity index (χ0v) is 14.4. The lowest BCUT2D eigenvalue weighted by atomic mass is 10.3. The van der Waals surface area contributed by atoms with Gasteiger partial charge in [-0.1, -0.05) is 6.92 Å². The van der Waals surface area contributed by atoms with Crippen LogP contribution >= 0.6 is 11.3 Å². The van der Waals surface area contributed by atoms with Crippen molar-refractivity contribution in [1.82, 2.24) is 9.62 Å². The van der Waals surface area contributed by atoms with E-state index in [2.05, 4.69) is 12.2 Å². The van der Waals surface area contributed by atoms with Crippen LogP contribution in [0.4, 0.5) is 0 Å². The molecule has 0 bridgehead atoms. The van der Waals surface area contributed by atoms with Crippen molar-refractivity contribution in [2.75, 3.05) is 18.8 Å². The summed E-state index contributed by atoms with van der Waals surface area (Å²) >= 11 is 1.62. The van der Waals surface area contributed by atoms with Gasteiger partial charge >= 0.3 is 0 Å². The highest BCUT2D eigenvalue weighted by Crippen LogP contribution is 2.31. The van der Waals surface area contributed by atoms with Gasteiger partial charge in [0.1, 0.15) is 0 Å². The molecule has 120 valence electrons. The van der Waals surface area contributed by atoms with Crippen molar-refractivity contribution in [3.63, 3.8) is 0 Å². The number of thiophene rings is 1. The van der Waals surface area contributed by atoms with Gasteiger partial charge in [-0.15, -0.1) is 0 Å². The van der Waals surface area contributed by atoms with E-state index in [4.69, 9.17) is 0 Å². The Labute approximate surface area is 132 Å². The van der Waals surface area contributed by atoms with Crippen LogP contribution in [0.5, 0.6) is 0 Å². The molecule has 0 spiro atoms. The molecule has 21 heavy (non-hydrogen) atoms. The molecular weight excluding hydrogens is 304 g/mol. The third-order valence-electron chi connectivity index (χ3n) is 3.66. The number of nitrogens with one attached hydrogen (secondary N) is 1. The van der Waals surface area contributed by atoms with Gasteiger partial charge in [-0.2, -0.15) is 15.6 Å². The van der Waals surface area contributed by atoms with Gasteiger partial charge in [0, 0.05) is 12.6 Å². The molecule has 0 aliphatic heterocycles. The second-order valence-electron chi connectivity index (χ2n) is 5.68.